The third-order valence-electron chi connectivity index (χ3n) is 3.98. The number of nitrogens with two attached hydrogens (primary N) is 1. The third kappa shape index (κ3) is 4.69. The molecule has 26 heavy (non-hydrogen) atoms. The van der Waals surface area contributed by atoms with Crippen molar-refractivity contribution in [1.29, 1.82) is 0 Å². The molecule has 2 aromatic rings. The normalized spacial score (nSPS) is 19.3. The van der Waals surface area contributed by atoms with Crippen LogP contribution in [0.25, 0.3) is 0 Å². The number of aromatic nitrogens is 2. The number of nitrogens with zero attached hydrogens (tertiary/aromatic N) is 4. The fraction of sp³-hybridized carbons (Fsp3) is 0.294. The highest BCUT2D eigenvalue weighted by Crippen LogP contribution is 2.33. The highest BCUT2D eigenvalue weighted by atomic mass is 35.5. The molecule has 0 bridgehead atoms. The Kier molecular flexibility index (Phi) is 6.03. The summed E-state index contributed by atoms with van der Waals surface area (Å²) in [4.78, 5) is 8.12. The van der Waals surface area contributed by atoms with E-state index in [0.29, 0.717) is 28.8 Å². The van der Waals surface area contributed by atoms with Gasteiger partial charge in [-0.05, 0) is 36.6 Å². The molecule has 1 aliphatic rings. The number of benzene rings is 1. The minimum Gasteiger partial charge on any atom is -0.396 e. The number of nitrogens with one attached hydrogen (secondary N) is 1. The van der Waals surface area contributed by atoms with Gasteiger partial charge in [0.05, 0.1) is 5.69 Å². The number of nitrogen functional groups attached to an aromatic ring is 1. The lowest BCUT2D eigenvalue weighted by Gasteiger charge is -2.13. The van der Waals surface area contributed by atoms with Crippen molar-refractivity contribution < 1.29 is 5.11 Å². The molecule has 2 unspecified atom stereocenters. The van der Waals surface area contributed by atoms with Gasteiger partial charge in [-0.25, -0.2) is 0 Å². The minimum atomic E-state index is 0.0538. The first kappa shape index (κ1) is 18.6. The van der Waals surface area contributed by atoms with Crippen LogP contribution in [0.15, 0.2) is 46.6 Å². The lowest BCUT2D eigenvalue weighted by atomic mass is 10.0. The second kappa shape index (κ2) is 8.44. The predicted octanol–water partition coefficient (Wildman–Crippen LogP) is 4.38. The molecule has 1 aromatic carbocycles. The van der Waals surface area contributed by atoms with E-state index in [1.165, 1.54) is 0 Å². The smallest absolute Gasteiger partial charge is 0.223 e. The van der Waals surface area contributed by atoms with Gasteiger partial charge >= 0.3 is 0 Å². The van der Waals surface area contributed by atoms with Gasteiger partial charge in [0.25, 0.3) is 0 Å². The summed E-state index contributed by atoms with van der Waals surface area (Å²) in [6.07, 6.45) is 4.98. The van der Waals surface area contributed by atoms with Gasteiger partial charge in [-0.3, -0.25) is 0 Å². The van der Waals surface area contributed by atoms with E-state index in [1.807, 2.05) is 6.08 Å². The maximum atomic E-state index is 9.22. The molecular weight excluding hydrogens is 375 g/mol. The molecule has 2 atom stereocenters. The number of rotatable bonds is 6. The zero-order valence-electron chi connectivity index (χ0n) is 13.8. The molecule has 0 spiro atoms. The standard InChI is InChI=1S/C17H18Cl2N6O/c18-12-3-5-13(6-4-12)24-25-14-15(19)22-17(20)23-16(14)21-8-10-1-2-11(7-10)9-26/h1-6,10-11,26H,7-9H2,(H3,20,21,22,23). The summed E-state index contributed by atoms with van der Waals surface area (Å²) in [5.41, 5.74) is 6.64. The Labute approximate surface area is 161 Å². The van der Waals surface area contributed by atoms with Crippen molar-refractivity contribution in [2.45, 2.75) is 6.42 Å². The number of halogens is 2. The Morgan fingerprint density at radius 3 is 2.54 bits per heavy atom. The van der Waals surface area contributed by atoms with Gasteiger partial charge in [-0.2, -0.15) is 15.1 Å². The number of anilines is 2. The highest BCUT2D eigenvalue weighted by molar-refractivity contribution is 6.32. The van der Waals surface area contributed by atoms with E-state index in [2.05, 4.69) is 31.6 Å². The molecule has 0 saturated heterocycles. The van der Waals surface area contributed by atoms with Crippen molar-refractivity contribution in [2.75, 3.05) is 24.2 Å². The van der Waals surface area contributed by atoms with E-state index < -0.39 is 0 Å². The van der Waals surface area contributed by atoms with Gasteiger partial charge in [0.1, 0.15) is 0 Å². The second-order valence-electron chi connectivity index (χ2n) is 5.95. The summed E-state index contributed by atoms with van der Waals surface area (Å²) < 4.78 is 0. The van der Waals surface area contributed by atoms with E-state index in [1.54, 1.807) is 24.3 Å². The zero-order valence-corrected chi connectivity index (χ0v) is 15.3. The molecule has 0 radical (unpaired) electrons. The average molecular weight is 393 g/mol. The van der Waals surface area contributed by atoms with Crippen molar-refractivity contribution in [2.24, 2.45) is 22.1 Å². The molecule has 0 amide bonds. The van der Waals surface area contributed by atoms with Gasteiger partial charge in [0.2, 0.25) is 5.95 Å². The van der Waals surface area contributed by atoms with E-state index in [4.69, 9.17) is 28.9 Å². The van der Waals surface area contributed by atoms with E-state index in [9.17, 15) is 5.11 Å². The van der Waals surface area contributed by atoms with E-state index >= 15 is 0 Å². The summed E-state index contributed by atoms with van der Waals surface area (Å²) >= 11 is 12.0. The van der Waals surface area contributed by atoms with Crippen molar-refractivity contribution in [1.82, 2.24) is 9.97 Å². The molecule has 0 saturated carbocycles. The maximum absolute atomic E-state index is 9.22. The minimum absolute atomic E-state index is 0.0538. The number of hydrogen-bond acceptors (Lipinski definition) is 7. The van der Waals surface area contributed by atoms with Crippen LogP contribution in [0.5, 0.6) is 0 Å². The molecule has 1 aliphatic carbocycles. The van der Waals surface area contributed by atoms with Gasteiger partial charge in [-0.1, -0.05) is 35.4 Å². The van der Waals surface area contributed by atoms with Gasteiger partial charge < -0.3 is 16.2 Å². The monoisotopic (exact) mass is 392 g/mol. The molecule has 9 heteroatoms. The first-order valence-electron chi connectivity index (χ1n) is 8.08. The molecule has 3 rings (SSSR count). The molecule has 1 heterocycles. The van der Waals surface area contributed by atoms with Crippen LogP contribution < -0.4 is 11.1 Å². The Hall–Kier alpha value is -2.22. The van der Waals surface area contributed by atoms with Gasteiger partial charge in [-0.15, -0.1) is 5.11 Å². The zero-order chi connectivity index (χ0) is 18.5. The summed E-state index contributed by atoms with van der Waals surface area (Å²) in [7, 11) is 0. The van der Waals surface area contributed by atoms with E-state index in [-0.39, 0.29) is 29.5 Å². The summed E-state index contributed by atoms with van der Waals surface area (Å²) in [5.74, 6) is 0.951. The second-order valence-corrected chi connectivity index (χ2v) is 6.74. The average Bonchev–Trinajstić information content (AvgIpc) is 3.08. The fourth-order valence-corrected chi connectivity index (χ4v) is 2.99. The van der Waals surface area contributed by atoms with Crippen molar-refractivity contribution in [3.05, 3.63) is 46.6 Å². The molecule has 4 N–H and O–H groups in total. The van der Waals surface area contributed by atoms with E-state index in [0.717, 1.165) is 6.42 Å². The topological polar surface area (TPSA) is 109 Å². The lowest BCUT2D eigenvalue weighted by molar-refractivity contribution is 0.245. The predicted molar refractivity (Wildman–Crippen MR) is 103 cm³/mol. The number of hydrogen-bond donors (Lipinski definition) is 3. The number of aliphatic hydroxyl groups excluding tert-OH is 1. The van der Waals surface area contributed by atoms with Crippen LogP contribution in [0.4, 0.5) is 23.1 Å². The first-order valence-corrected chi connectivity index (χ1v) is 8.84. The summed E-state index contributed by atoms with van der Waals surface area (Å²) in [5, 5.41) is 21.5. The van der Waals surface area contributed by atoms with Crippen molar-refractivity contribution in [3.63, 3.8) is 0 Å². The highest BCUT2D eigenvalue weighted by Gasteiger charge is 2.19. The molecule has 1 aromatic heterocycles. The van der Waals surface area contributed by atoms with Crippen molar-refractivity contribution in [3.8, 4) is 0 Å². The Bertz CT molecular complexity index is 825. The quantitative estimate of drug-likeness (QED) is 0.383. The summed E-state index contributed by atoms with van der Waals surface area (Å²) in [6.45, 7) is 0.767. The third-order valence-corrected chi connectivity index (χ3v) is 4.49. The number of azo groups is 1. The molecular formula is C17H18Cl2N6O. The SMILES string of the molecule is Nc1nc(Cl)c(N=Nc2ccc(Cl)cc2)c(NCC2C=CC(CO)C2)n1. The van der Waals surface area contributed by atoms with Gasteiger partial charge in [0, 0.05) is 24.1 Å². The molecule has 7 nitrogen and oxygen atoms in total. The molecule has 136 valence electrons. The van der Waals surface area contributed by atoms with Crippen LogP contribution in [0.2, 0.25) is 10.2 Å². The number of aliphatic hydroxyl groups is 1. The van der Waals surface area contributed by atoms with Crippen LogP contribution in [0.1, 0.15) is 6.42 Å². The molecule has 0 aliphatic heterocycles. The summed E-state index contributed by atoms with van der Waals surface area (Å²) in [6, 6.07) is 6.92. The van der Waals surface area contributed by atoms with Crippen LogP contribution in [-0.4, -0.2) is 28.2 Å². The van der Waals surface area contributed by atoms with Crippen molar-refractivity contribution >= 4 is 46.3 Å². The van der Waals surface area contributed by atoms with Crippen LogP contribution >= 0.6 is 23.2 Å². The Morgan fingerprint density at radius 2 is 1.85 bits per heavy atom. The van der Waals surface area contributed by atoms with Crippen LogP contribution in [0.3, 0.4) is 0 Å². The first-order chi connectivity index (χ1) is 12.5. The fourth-order valence-electron chi connectivity index (χ4n) is 2.65. The lowest BCUT2D eigenvalue weighted by Crippen LogP contribution is -2.14. The Balaban J connectivity index is 1.76. The largest absolute Gasteiger partial charge is 0.396 e. The molecule has 0 fully saturated rings. The Morgan fingerprint density at radius 1 is 1.12 bits per heavy atom. The maximum Gasteiger partial charge on any atom is 0.223 e. The van der Waals surface area contributed by atoms with Crippen LogP contribution in [-0.2, 0) is 0 Å². The van der Waals surface area contributed by atoms with Crippen LogP contribution in [0, 0.1) is 11.8 Å². The van der Waals surface area contributed by atoms with Gasteiger partial charge in [0.15, 0.2) is 16.7 Å².